The quantitative estimate of drug-likeness (QED) is 0.596. The zero-order valence-corrected chi connectivity index (χ0v) is 16.1. The van der Waals surface area contributed by atoms with Gasteiger partial charge in [-0.15, -0.1) is 0 Å². The number of amides is 1. The molecule has 2 aromatic carbocycles. The number of carbonyl (C=O) groups is 2. The second-order valence-electron chi connectivity index (χ2n) is 6.62. The number of para-hydroxylation sites is 2. The summed E-state index contributed by atoms with van der Waals surface area (Å²) in [5.41, 5.74) is 1.20. The molecule has 0 unspecified atom stereocenters. The summed E-state index contributed by atoms with van der Waals surface area (Å²) in [7, 11) is 1.27. The van der Waals surface area contributed by atoms with Gasteiger partial charge in [-0.05, 0) is 36.4 Å². The number of carbonyl (C=O) groups excluding carboxylic acids is 2. The van der Waals surface area contributed by atoms with Crippen molar-refractivity contribution in [1.29, 1.82) is 0 Å². The number of benzene rings is 2. The van der Waals surface area contributed by atoms with Gasteiger partial charge in [0.05, 0.1) is 19.3 Å². The van der Waals surface area contributed by atoms with Crippen molar-refractivity contribution in [2.24, 2.45) is 0 Å². The van der Waals surface area contributed by atoms with Gasteiger partial charge in [-0.3, -0.25) is 4.79 Å². The van der Waals surface area contributed by atoms with E-state index in [2.05, 4.69) is 10.1 Å². The number of methoxy groups -OCH3 is 1. The molecule has 1 atom stereocenters. The Morgan fingerprint density at radius 3 is 2.73 bits per heavy atom. The van der Waals surface area contributed by atoms with Gasteiger partial charge in [-0.1, -0.05) is 17.3 Å². The van der Waals surface area contributed by atoms with E-state index in [1.54, 1.807) is 36.4 Å². The predicted molar refractivity (Wildman–Crippen MR) is 103 cm³/mol. The number of aryl methyl sites for hydroxylation is 1. The standard InChI is InChI=1S/C21H18FN3O5/c1-28-21(27)17-12-25(15-4-2-3-5-16(15)29-17)19(26)11-10-18-23-20(24-30-18)13-6-8-14(22)9-7-13/h2-9,17H,10-12H2,1H3/t17-/m1/s1. The van der Waals surface area contributed by atoms with Crippen LogP contribution in [-0.2, 0) is 20.7 Å². The topological polar surface area (TPSA) is 94.8 Å². The Labute approximate surface area is 171 Å². The molecule has 0 radical (unpaired) electrons. The van der Waals surface area contributed by atoms with Crippen LogP contribution in [0.15, 0.2) is 53.1 Å². The van der Waals surface area contributed by atoms with Crippen molar-refractivity contribution in [2.75, 3.05) is 18.6 Å². The number of hydrogen-bond acceptors (Lipinski definition) is 7. The Kier molecular flexibility index (Phi) is 5.42. The van der Waals surface area contributed by atoms with E-state index in [4.69, 9.17) is 14.0 Å². The van der Waals surface area contributed by atoms with E-state index in [0.29, 0.717) is 22.8 Å². The molecule has 0 saturated carbocycles. The lowest BCUT2D eigenvalue weighted by Crippen LogP contribution is -2.47. The zero-order chi connectivity index (χ0) is 21.1. The summed E-state index contributed by atoms with van der Waals surface area (Å²) in [4.78, 5) is 30.6. The smallest absolute Gasteiger partial charge is 0.348 e. The van der Waals surface area contributed by atoms with Crippen LogP contribution in [0.3, 0.4) is 0 Å². The SMILES string of the molecule is COC(=O)[C@H]1CN(C(=O)CCc2nc(-c3ccc(F)cc3)no2)c2ccccc2O1. The van der Waals surface area contributed by atoms with Crippen LogP contribution >= 0.6 is 0 Å². The number of hydrogen-bond donors (Lipinski definition) is 0. The first kappa shape index (κ1) is 19.6. The number of fused-ring (bicyclic) bond motifs is 1. The lowest BCUT2D eigenvalue weighted by Gasteiger charge is -2.33. The van der Waals surface area contributed by atoms with Crippen molar-refractivity contribution < 1.29 is 28.0 Å². The molecule has 1 amide bonds. The van der Waals surface area contributed by atoms with E-state index in [0.717, 1.165) is 0 Å². The molecule has 0 bridgehead atoms. The minimum atomic E-state index is -0.901. The number of ether oxygens (including phenoxy) is 2. The summed E-state index contributed by atoms with van der Waals surface area (Å²) in [5, 5.41) is 3.87. The molecular formula is C21H18FN3O5. The van der Waals surface area contributed by atoms with E-state index < -0.39 is 12.1 Å². The van der Waals surface area contributed by atoms with Crippen LogP contribution in [0.4, 0.5) is 10.1 Å². The van der Waals surface area contributed by atoms with Crippen molar-refractivity contribution in [3.63, 3.8) is 0 Å². The van der Waals surface area contributed by atoms with E-state index in [9.17, 15) is 14.0 Å². The van der Waals surface area contributed by atoms with Crippen LogP contribution in [0.25, 0.3) is 11.4 Å². The average molecular weight is 411 g/mol. The molecule has 0 N–H and O–H groups in total. The largest absolute Gasteiger partial charge is 0.475 e. The molecule has 8 nitrogen and oxygen atoms in total. The summed E-state index contributed by atoms with van der Waals surface area (Å²) in [5.74, 6) is -0.0917. The van der Waals surface area contributed by atoms with Crippen LogP contribution in [0.1, 0.15) is 12.3 Å². The molecule has 4 rings (SSSR count). The summed E-state index contributed by atoms with van der Waals surface area (Å²) in [6.45, 7) is 0.0488. The van der Waals surface area contributed by atoms with Gasteiger partial charge in [0.1, 0.15) is 11.6 Å². The number of esters is 1. The number of halogens is 1. The number of nitrogens with zero attached hydrogens (tertiary/aromatic N) is 3. The fourth-order valence-electron chi connectivity index (χ4n) is 3.15. The lowest BCUT2D eigenvalue weighted by atomic mass is 10.1. The molecular weight excluding hydrogens is 393 g/mol. The van der Waals surface area contributed by atoms with Crippen LogP contribution < -0.4 is 9.64 Å². The number of aromatic nitrogens is 2. The van der Waals surface area contributed by atoms with Crippen molar-refractivity contribution in [3.8, 4) is 17.1 Å². The Bertz CT molecular complexity index is 1070. The lowest BCUT2D eigenvalue weighted by molar-refractivity contribution is -0.148. The molecule has 1 aliphatic heterocycles. The molecule has 154 valence electrons. The molecule has 30 heavy (non-hydrogen) atoms. The molecule has 0 fully saturated rings. The molecule has 0 spiro atoms. The molecule has 2 heterocycles. The van der Waals surface area contributed by atoms with Gasteiger partial charge < -0.3 is 18.9 Å². The predicted octanol–water partition coefficient (Wildman–Crippen LogP) is 2.78. The normalized spacial score (nSPS) is 15.3. The second-order valence-corrected chi connectivity index (χ2v) is 6.62. The van der Waals surface area contributed by atoms with Gasteiger partial charge in [0.15, 0.2) is 0 Å². The van der Waals surface area contributed by atoms with Crippen molar-refractivity contribution in [2.45, 2.75) is 18.9 Å². The van der Waals surface area contributed by atoms with Gasteiger partial charge in [-0.2, -0.15) is 4.98 Å². The maximum absolute atomic E-state index is 13.1. The maximum atomic E-state index is 13.1. The van der Waals surface area contributed by atoms with Crippen LogP contribution in [0.2, 0.25) is 0 Å². The molecule has 1 aromatic heterocycles. The third kappa shape index (κ3) is 4.00. The highest BCUT2D eigenvalue weighted by Gasteiger charge is 2.34. The Balaban J connectivity index is 1.46. The van der Waals surface area contributed by atoms with Gasteiger partial charge in [0, 0.05) is 18.4 Å². The Morgan fingerprint density at radius 1 is 1.20 bits per heavy atom. The first-order valence-corrected chi connectivity index (χ1v) is 9.27. The molecule has 9 heteroatoms. The zero-order valence-electron chi connectivity index (χ0n) is 16.1. The Hall–Kier alpha value is -3.75. The monoisotopic (exact) mass is 411 g/mol. The molecule has 3 aromatic rings. The van der Waals surface area contributed by atoms with Gasteiger partial charge in [0.25, 0.3) is 0 Å². The maximum Gasteiger partial charge on any atom is 0.348 e. The van der Waals surface area contributed by atoms with Crippen LogP contribution in [0, 0.1) is 5.82 Å². The van der Waals surface area contributed by atoms with E-state index in [-0.39, 0.29) is 37.0 Å². The summed E-state index contributed by atoms with van der Waals surface area (Å²) in [6.07, 6.45) is -0.592. The van der Waals surface area contributed by atoms with Gasteiger partial charge in [0.2, 0.25) is 23.7 Å². The van der Waals surface area contributed by atoms with Crippen molar-refractivity contribution in [3.05, 3.63) is 60.2 Å². The highest BCUT2D eigenvalue weighted by Crippen LogP contribution is 2.33. The third-order valence-electron chi connectivity index (χ3n) is 4.66. The van der Waals surface area contributed by atoms with Gasteiger partial charge >= 0.3 is 5.97 Å². The van der Waals surface area contributed by atoms with Crippen molar-refractivity contribution >= 4 is 17.6 Å². The van der Waals surface area contributed by atoms with E-state index in [1.807, 2.05) is 0 Å². The highest BCUT2D eigenvalue weighted by atomic mass is 19.1. The summed E-state index contributed by atoms with van der Waals surface area (Å²) >= 11 is 0. The van der Waals surface area contributed by atoms with E-state index in [1.165, 1.54) is 24.1 Å². The minimum Gasteiger partial charge on any atom is -0.475 e. The minimum absolute atomic E-state index is 0.0488. The fraction of sp³-hybridized carbons (Fsp3) is 0.238. The van der Waals surface area contributed by atoms with Crippen molar-refractivity contribution in [1.82, 2.24) is 10.1 Å². The van der Waals surface area contributed by atoms with E-state index >= 15 is 0 Å². The number of rotatable bonds is 5. The molecule has 1 aliphatic rings. The summed E-state index contributed by atoms with van der Waals surface area (Å²) < 4.78 is 28.7. The molecule has 0 aliphatic carbocycles. The first-order valence-electron chi connectivity index (χ1n) is 9.27. The van der Waals surface area contributed by atoms with Gasteiger partial charge in [-0.25, -0.2) is 9.18 Å². The van der Waals surface area contributed by atoms with Crippen LogP contribution in [0.5, 0.6) is 5.75 Å². The fourth-order valence-corrected chi connectivity index (χ4v) is 3.15. The summed E-state index contributed by atoms with van der Waals surface area (Å²) in [6, 6.07) is 12.7. The average Bonchev–Trinajstić information content (AvgIpc) is 3.25. The Morgan fingerprint density at radius 2 is 1.97 bits per heavy atom. The first-order chi connectivity index (χ1) is 14.5. The second kappa shape index (κ2) is 8.32. The third-order valence-corrected chi connectivity index (χ3v) is 4.66. The van der Waals surface area contributed by atoms with Crippen LogP contribution in [-0.4, -0.2) is 41.8 Å². The molecule has 0 saturated heterocycles. The highest BCUT2D eigenvalue weighted by molar-refractivity contribution is 5.96. The number of anilines is 1.